The lowest BCUT2D eigenvalue weighted by molar-refractivity contribution is -0.118. The summed E-state index contributed by atoms with van der Waals surface area (Å²) in [6, 6.07) is 11.0. The highest BCUT2D eigenvalue weighted by Gasteiger charge is 2.37. The molecule has 2 aliphatic rings. The van der Waals surface area contributed by atoms with Crippen molar-refractivity contribution in [1.29, 1.82) is 0 Å². The summed E-state index contributed by atoms with van der Waals surface area (Å²) in [5.41, 5.74) is 9.86. The number of hydrogen-bond acceptors (Lipinski definition) is 6. The largest absolute Gasteiger partial charge is 0.535 e. The maximum absolute atomic E-state index is 12.7. The van der Waals surface area contributed by atoms with Crippen molar-refractivity contribution in [3.05, 3.63) is 64.2 Å². The Morgan fingerprint density at radius 2 is 1.97 bits per heavy atom. The van der Waals surface area contributed by atoms with Gasteiger partial charge in [0.25, 0.3) is 0 Å². The first-order valence-corrected chi connectivity index (χ1v) is 10.2. The highest BCUT2D eigenvalue weighted by atomic mass is 16.5. The third-order valence-electron chi connectivity index (χ3n) is 5.85. The standard InChI is InChI=1S/C22H25BN2O5/c24-6-7-25-12-16-5-4-14(8-17(16)13-25)9-19(26)11-18-10-15-2-1-3-20(22(27)28)21(15)30-23(18)29/h1-5,8,18,29H,6-7,9-13,24H2,(H,27,28)/t18-/m1/s1. The summed E-state index contributed by atoms with van der Waals surface area (Å²) in [7, 11) is -1.20. The topological polar surface area (TPSA) is 113 Å². The second-order valence-electron chi connectivity index (χ2n) is 8.09. The van der Waals surface area contributed by atoms with Crippen molar-refractivity contribution in [2.45, 2.75) is 38.2 Å². The van der Waals surface area contributed by atoms with Crippen LogP contribution in [0, 0.1) is 0 Å². The molecule has 0 radical (unpaired) electrons. The van der Waals surface area contributed by atoms with Gasteiger partial charge in [0.1, 0.15) is 11.5 Å². The van der Waals surface area contributed by atoms with Crippen LogP contribution in [-0.2, 0) is 30.7 Å². The fraction of sp³-hybridized carbons (Fsp3) is 0.364. The lowest BCUT2D eigenvalue weighted by Crippen LogP contribution is -2.36. The normalized spacial score (nSPS) is 17.9. The molecule has 4 N–H and O–H groups in total. The fourth-order valence-electron chi connectivity index (χ4n) is 4.39. The number of hydrogen-bond donors (Lipinski definition) is 3. The zero-order valence-corrected chi connectivity index (χ0v) is 16.7. The molecule has 0 fully saturated rings. The van der Waals surface area contributed by atoms with Crippen molar-refractivity contribution in [2.75, 3.05) is 13.1 Å². The van der Waals surface area contributed by atoms with E-state index in [1.807, 2.05) is 6.07 Å². The number of carboxylic acids is 1. The van der Waals surface area contributed by atoms with Crippen molar-refractivity contribution in [3.63, 3.8) is 0 Å². The van der Waals surface area contributed by atoms with Crippen LogP contribution >= 0.6 is 0 Å². The van der Waals surface area contributed by atoms with Crippen LogP contribution in [0.2, 0.25) is 5.82 Å². The van der Waals surface area contributed by atoms with Gasteiger partial charge in [-0.3, -0.25) is 9.69 Å². The van der Waals surface area contributed by atoms with Crippen LogP contribution < -0.4 is 10.4 Å². The Morgan fingerprint density at radius 1 is 1.17 bits per heavy atom. The maximum atomic E-state index is 12.7. The van der Waals surface area contributed by atoms with Gasteiger partial charge in [-0.2, -0.15) is 0 Å². The van der Waals surface area contributed by atoms with Gasteiger partial charge in [-0.25, -0.2) is 4.79 Å². The molecule has 8 heteroatoms. The molecule has 2 aromatic rings. The van der Waals surface area contributed by atoms with E-state index in [9.17, 15) is 19.7 Å². The summed E-state index contributed by atoms with van der Waals surface area (Å²) in [4.78, 5) is 26.3. The van der Waals surface area contributed by atoms with Gasteiger partial charge in [-0.15, -0.1) is 0 Å². The Bertz CT molecular complexity index is 980. The number of benzene rings is 2. The number of carboxylic acid groups (broad SMARTS) is 1. The van der Waals surface area contributed by atoms with Crippen LogP contribution in [-0.4, -0.2) is 47.0 Å². The molecule has 156 valence electrons. The minimum atomic E-state index is -1.20. The van der Waals surface area contributed by atoms with Crippen molar-refractivity contribution in [1.82, 2.24) is 4.90 Å². The molecular formula is C22H25BN2O5. The summed E-state index contributed by atoms with van der Waals surface area (Å²) in [5, 5.41) is 19.7. The lowest BCUT2D eigenvalue weighted by atomic mass is 9.64. The van der Waals surface area contributed by atoms with Crippen LogP contribution in [0.15, 0.2) is 36.4 Å². The molecule has 0 aromatic heterocycles. The van der Waals surface area contributed by atoms with Crippen molar-refractivity contribution in [3.8, 4) is 5.75 Å². The van der Waals surface area contributed by atoms with Gasteiger partial charge < -0.3 is 20.5 Å². The Morgan fingerprint density at radius 3 is 2.73 bits per heavy atom. The number of ketones is 1. The average molecular weight is 408 g/mol. The van der Waals surface area contributed by atoms with Crippen molar-refractivity contribution in [2.24, 2.45) is 5.73 Å². The minimum absolute atomic E-state index is 0.0252. The van der Waals surface area contributed by atoms with Gasteiger partial charge in [0.15, 0.2) is 0 Å². The monoisotopic (exact) mass is 408 g/mol. The van der Waals surface area contributed by atoms with Gasteiger partial charge in [0.05, 0.1) is 5.56 Å². The highest BCUT2D eigenvalue weighted by Crippen LogP contribution is 2.36. The van der Waals surface area contributed by atoms with E-state index in [4.69, 9.17) is 10.4 Å². The molecule has 2 heterocycles. The zero-order valence-electron chi connectivity index (χ0n) is 16.7. The predicted molar refractivity (Wildman–Crippen MR) is 112 cm³/mol. The van der Waals surface area contributed by atoms with Gasteiger partial charge in [0.2, 0.25) is 0 Å². The smallest absolute Gasteiger partial charge is 0.526 e. The summed E-state index contributed by atoms with van der Waals surface area (Å²) in [6.45, 7) is 3.23. The van der Waals surface area contributed by atoms with Crippen molar-refractivity contribution >= 4 is 18.9 Å². The molecule has 0 spiro atoms. The lowest BCUT2D eigenvalue weighted by Gasteiger charge is -2.28. The van der Waals surface area contributed by atoms with Gasteiger partial charge in [-0.05, 0) is 34.7 Å². The number of aromatic carboxylic acids is 1. The molecule has 1 atom stereocenters. The van der Waals surface area contributed by atoms with E-state index in [0.717, 1.165) is 25.2 Å². The van der Waals surface area contributed by atoms with Crippen LogP contribution in [0.25, 0.3) is 0 Å². The molecule has 0 saturated heterocycles. The number of carbonyl (C=O) groups excluding carboxylic acids is 1. The number of nitrogens with two attached hydrogens (primary N) is 1. The molecular weight excluding hydrogens is 383 g/mol. The maximum Gasteiger partial charge on any atom is 0.526 e. The van der Waals surface area contributed by atoms with Gasteiger partial charge >= 0.3 is 13.1 Å². The quantitative estimate of drug-likeness (QED) is 0.597. The van der Waals surface area contributed by atoms with E-state index in [0.29, 0.717) is 24.9 Å². The van der Waals surface area contributed by atoms with Crippen molar-refractivity contribution < 1.29 is 24.4 Å². The fourth-order valence-corrected chi connectivity index (χ4v) is 4.39. The predicted octanol–water partition coefficient (Wildman–Crippen LogP) is 1.65. The second-order valence-corrected chi connectivity index (χ2v) is 8.09. The molecule has 0 unspecified atom stereocenters. The molecule has 0 bridgehead atoms. The Hall–Kier alpha value is -2.68. The number of nitrogens with zero attached hydrogens (tertiary/aromatic N) is 1. The van der Waals surface area contributed by atoms with Gasteiger partial charge in [0, 0.05) is 44.8 Å². The van der Waals surface area contributed by atoms with E-state index in [-0.39, 0.29) is 23.5 Å². The second kappa shape index (κ2) is 8.59. The number of fused-ring (bicyclic) bond motifs is 2. The zero-order chi connectivity index (χ0) is 21.3. The van der Waals surface area contributed by atoms with Crippen LogP contribution in [0.5, 0.6) is 5.75 Å². The highest BCUT2D eigenvalue weighted by molar-refractivity contribution is 6.47. The molecule has 4 rings (SSSR count). The molecule has 30 heavy (non-hydrogen) atoms. The Balaban J connectivity index is 1.40. The number of Topliss-reactive ketones (excluding diaryl/α,β-unsaturated/α-hetero) is 1. The first-order chi connectivity index (χ1) is 14.4. The molecule has 2 aliphatic heterocycles. The average Bonchev–Trinajstić information content (AvgIpc) is 3.10. The number of carbonyl (C=O) groups is 2. The van der Waals surface area contributed by atoms with Crippen LogP contribution in [0.1, 0.15) is 39.0 Å². The van der Waals surface area contributed by atoms with Crippen LogP contribution in [0.4, 0.5) is 0 Å². The molecule has 7 nitrogen and oxygen atoms in total. The van der Waals surface area contributed by atoms with E-state index in [2.05, 4.69) is 17.0 Å². The number of rotatable bonds is 7. The molecule has 0 amide bonds. The minimum Gasteiger partial charge on any atom is -0.535 e. The Labute approximate surface area is 175 Å². The summed E-state index contributed by atoms with van der Waals surface area (Å²) < 4.78 is 5.49. The van der Waals surface area contributed by atoms with E-state index >= 15 is 0 Å². The van der Waals surface area contributed by atoms with E-state index in [1.165, 1.54) is 17.2 Å². The summed E-state index contributed by atoms with van der Waals surface area (Å²) >= 11 is 0. The first-order valence-electron chi connectivity index (χ1n) is 10.2. The SMILES string of the molecule is NCCN1Cc2ccc(CC(=O)C[C@H]3Cc4cccc(C(=O)O)c4OB3O)cc2C1. The third-order valence-corrected chi connectivity index (χ3v) is 5.85. The molecule has 0 saturated carbocycles. The number of para-hydroxylation sites is 1. The molecule has 2 aromatic carbocycles. The summed E-state index contributed by atoms with van der Waals surface area (Å²) in [6.07, 6.45) is 0.880. The Kier molecular flexibility index (Phi) is 5.90. The first kappa shape index (κ1) is 20.6. The van der Waals surface area contributed by atoms with Crippen LogP contribution in [0.3, 0.4) is 0 Å². The van der Waals surface area contributed by atoms with E-state index < -0.39 is 18.9 Å². The third kappa shape index (κ3) is 4.26. The van der Waals surface area contributed by atoms with Gasteiger partial charge in [-0.1, -0.05) is 30.3 Å². The summed E-state index contributed by atoms with van der Waals surface area (Å²) in [5.74, 6) is -1.28. The molecule has 0 aliphatic carbocycles. The van der Waals surface area contributed by atoms with E-state index in [1.54, 1.807) is 12.1 Å².